The van der Waals surface area contributed by atoms with Gasteiger partial charge in [-0.05, 0) is 47.8 Å². The first kappa shape index (κ1) is 11.5. The van der Waals surface area contributed by atoms with Crippen LogP contribution in [0.3, 0.4) is 0 Å². The van der Waals surface area contributed by atoms with E-state index in [-0.39, 0.29) is 4.51 Å². The van der Waals surface area contributed by atoms with E-state index in [1.165, 1.54) is 0 Å². The van der Waals surface area contributed by atoms with Gasteiger partial charge in [0, 0.05) is 0 Å². The predicted octanol–water partition coefficient (Wildman–Crippen LogP) is 3.71. The minimum Gasteiger partial charge on any atom is -0.435 e. The lowest BCUT2D eigenvalue weighted by molar-refractivity contribution is 0.561. The summed E-state index contributed by atoms with van der Waals surface area (Å²) < 4.78 is 5.41. The Bertz CT molecular complexity index is 314. The van der Waals surface area contributed by atoms with Crippen LogP contribution < -0.4 is 4.74 Å². The van der Waals surface area contributed by atoms with Crippen LogP contribution in [0.2, 0.25) is 0 Å². The van der Waals surface area contributed by atoms with Gasteiger partial charge in [0.05, 0.1) is 0 Å². The molecule has 76 valence electrons. The number of benzene rings is 1. The maximum atomic E-state index is 5.58. The number of para-hydroxylation sites is 1. The van der Waals surface area contributed by atoms with Crippen molar-refractivity contribution in [3.05, 3.63) is 29.3 Å². The van der Waals surface area contributed by atoms with E-state index in [1.807, 2.05) is 18.2 Å². The predicted molar refractivity (Wildman–Crippen MR) is 64.3 cm³/mol. The Balaban J connectivity index is 3.12. The van der Waals surface area contributed by atoms with Crippen LogP contribution in [0, 0.1) is 0 Å². The van der Waals surface area contributed by atoms with Crippen LogP contribution in [0.4, 0.5) is 0 Å². The highest BCUT2D eigenvalue weighted by atomic mass is 35.5. The van der Waals surface area contributed by atoms with Gasteiger partial charge in [-0.25, -0.2) is 0 Å². The largest absolute Gasteiger partial charge is 0.435 e. The van der Waals surface area contributed by atoms with E-state index in [0.29, 0.717) is 0 Å². The molecule has 0 spiro atoms. The van der Waals surface area contributed by atoms with Crippen LogP contribution in [0.1, 0.15) is 25.0 Å². The van der Waals surface area contributed by atoms with E-state index in [9.17, 15) is 0 Å². The van der Waals surface area contributed by atoms with Crippen molar-refractivity contribution in [2.75, 3.05) is 0 Å². The molecular weight excluding hydrogens is 216 g/mol. The van der Waals surface area contributed by atoms with Gasteiger partial charge in [0.1, 0.15) is 5.75 Å². The van der Waals surface area contributed by atoms with Gasteiger partial charge in [0.25, 0.3) is 4.51 Å². The van der Waals surface area contributed by atoms with Crippen molar-refractivity contribution in [3.8, 4) is 5.75 Å². The molecule has 0 aromatic heterocycles. The normalized spacial score (nSPS) is 9.93. The van der Waals surface area contributed by atoms with Crippen molar-refractivity contribution in [2.24, 2.45) is 0 Å². The average Bonchev–Trinajstić information content (AvgIpc) is 2.17. The molecule has 14 heavy (non-hydrogen) atoms. The Labute approximate surface area is 95.0 Å². The molecule has 0 radical (unpaired) electrons. The molecule has 0 heterocycles. The number of hydrogen-bond acceptors (Lipinski definition) is 2. The molecule has 0 bridgehead atoms. The fraction of sp³-hybridized carbons (Fsp3) is 0.364. The summed E-state index contributed by atoms with van der Waals surface area (Å²) >= 11 is 10.3. The van der Waals surface area contributed by atoms with Gasteiger partial charge in [0.2, 0.25) is 0 Å². The maximum absolute atomic E-state index is 5.58. The molecule has 0 saturated heterocycles. The lowest BCUT2D eigenvalue weighted by atomic mass is 10.1. The summed E-state index contributed by atoms with van der Waals surface area (Å²) in [5.74, 6) is 0.831. The second kappa shape index (κ2) is 5.32. The van der Waals surface area contributed by atoms with Crippen molar-refractivity contribution in [3.63, 3.8) is 0 Å². The number of rotatable bonds is 3. The molecule has 1 aromatic rings. The molecule has 0 aliphatic rings. The van der Waals surface area contributed by atoms with Crippen molar-refractivity contribution in [2.45, 2.75) is 26.7 Å². The molecule has 0 amide bonds. The molecule has 0 atom stereocenters. The minimum absolute atomic E-state index is 0.0561. The van der Waals surface area contributed by atoms with Gasteiger partial charge in [-0.1, -0.05) is 32.0 Å². The first-order chi connectivity index (χ1) is 6.69. The van der Waals surface area contributed by atoms with Gasteiger partial charge in [-0.15, -0.1) is 0 Å². The highest BCUT2D eigenvalue weighted by Gasteiger charge is 2.08. The second-order valence-corrected chi connectivity index (χ2v) is 3.89. The zero-order chi connectivity index (χ0) is 10.6. The first-order valence-corrected chi connectivity index (χ1v) is 5.45. The molecule has 0 aliphatic heterocycles. The molecule has 3 heteroatoms. The standard InChI is InChI=1S/C11H13ClOS/c1-3-8-6-5-7-9(4-2)10(8)13-11(12)14/h5-7H,3-4H2,1-2H3. The Morgan fingerprint density at radius 3 is 2.14 bits per heavy atom. The topological polar surface area (TPSA) is 9.23 Å². The fourth-order valence-corrected chi connectivity index (χ4v) is 1.57. The summed E-state index contributed by atoms with van der Waals surface area (Å²) in [7, 11) is 0. The van der Waals surface area contributed by atoms with E-state index in [2.05, 4.69) is 13.8 Å². The Morgan fingerprint density at radius 2 is 1.79 bits per heavy atom. The average molecular weight is 229 g/mol. The molecule has 0 aliphatic carbocycles. The lowest BCUT2D eigenvalue weighted by Crippen LogP contribution is -2.02. The van der Waals surface area contributed by atoms with E-state index >= 15 is 0 Å². The number of thiocarbonyl (C=S) groups is 1. The van der Waals surface area contributed by atoms with Crippen LogP contribution in [0.5, 0.6) is 5.75 Å². The number of aryl methyl sites for hydroxylation is 2. The van der Waals surface area contributed by atoms with Crippen LogP contribution in [-0.4, -0.2) is 4.51 Å². The second-order valence-electron chi connectivity index (χ2n) is 2.95. The summed E-state index contributed by atoms with van der Waals surface area (Å²) in [6.45, 7) is 4.16. The first-order valence-electron chi connectivity index (χ1n) is 4.67. The summed E-state index contributed by atoms with van der Waals surface area (Å²) in [4.78, 5) is 0. The van der Waals surface area contributed by atoms with E-state index < -0.39 is 0 Å². The van der Waals surface area contributed by atoms with Crippen LogP contribution in [0.25, 0.3) is 0 Å². The monoisotopic (exact) mass is 228 g/mol. The van der Waals surface area contributed by atoms with Gasteiger partial charge < -0.3 is 4.74 Å². The van der Waals surface area contributed by atoms with Crippen molar-refractivity contribution >= 4 is 28.3 Å². The van der Waals surface area contributed by atoms with Gasteiger partial charge >= 0.3 is 0 Å². The Kier molecular flexibility index (Phi) is 4.36. The molecule has 1 nitrogen and oxygen atoms in total. The third-order valence-corrected chi connectivity index (χ3v) is 2.28. The van der Waals surface area contributed by atoms with Crippen LogP contribution in [-0.2, 0) is 12.8 Å². The van der Waals surface area contributed by atoms with Crippen molar-refractivity contribution in [1.29, 1.82) is 0 Å². The molecule has 0 N–H and O–H groups in total. The molecular formula is C11H13ClOS. The zero-order valence-corrected chi connectivity index (χ0v) is 9.91. The summed E-state index contributed by atoms with van der Waals surface area (Å²) in [6, 6.07) is 6.09. The highest BCUT2D eigenvalue weighted by Crippen LogP contribution is 2.25. The van der Waals surface area contributed by atoms with Crippen LogP contribution in [0.15, 0.2) is 18.2 Å². The summed E-state index contributed by atoms with van der Waals surface area (Å²) in [5.41, 5.74) is 2.29. The third-order valence-electron chi connectivity index (χ3n) is 2.12. The highest BCUT2D eigenvalue weighted by molar-refractivity contribution is 7.82. The summed E-state index contributed by atoms with van der Waals surface area (Å²) in [6.07, 6.45) is 1.84. The quantitative estimate of drug-likeness (QED) is 0.576. The minimum atomic E-state index is 0.0561. The Hall–Kier alpha value is -0.600. The smallest absolute Gasteiger partial charge is 0.260 e. The number of halogens is 1. The van der Waals surface area contributed by atoms with Gasteiger partial charge in [-0.2, -0.15) is 0 Å². The molecule has 0 saturated carbocycles. The van der Waals surface area contributed by atoms with Crippen molar-refractivity contribution < 1.29 is 4.74 Å². The number of ether oxygens (including phenoxy) is 1. The lowest BCUT2D eigenvalue weighted by Gasteiger charge is -2.11. The number of hydrogen-bond donors (Lipinski definition) is 0. The van der Waals surface area contributed by atoms with Gasteiger partial charge in [-0.3, -0.25) is 0 Å². The van der Waals surface area contributed by atoms with Crippen LogP contribution >= 0.6 is 23.8 Å². The fourth-order valence-electron chi connectivity index (χ4n) is 1.41. The van der Waals surface area contributed by atoms with E-state index in [4.69, 9.17) is 28.6 Å². The third kappa shape index (κ3) is 2.69. The SMILES string of the molecule is CCc1cccc(CC)c1OC(=S)Cl. The molecule has 0 unspecified atom stereocenters. The molecule has 0 fully saturated rings. The van der Waals surface area contributed by atoms with Gasteiger partial charge in [0.15, 0.2) is 0 Å². The zero-order valence-electron chi connectivity index (χ0n) is 8.34. The van der Waals surface area contributed by atoms with Crippen molar-refractivity contribution in [1.82, 2.24) is 0 Å². The van der Waals surface area contributed by atoms with E-state index in [0.717, 1.165) is 29.7 Å². The summed E-state index contributed by atoms with van der Waals surface area (Å²) in [5, 5.41) is 0. The Morgan fingerprint density at radius 1 is 1.29 bits per heavy atom. The van der Waals surface area contributed by atoms with E-state index in [1.54, 1.807) is 0 Å². The molecule has 1 rings (SSSR count). The molecule has 1 aromatic carbocycles. The maximum Gasteiger partial charge on any atom is 0.260 e.